The van der Waals surface area contributed by atoms with Gasteiger partial charge in [-0.15, -0.1) is 0 Å². The summed E-state index contributed by atoms with van der Waals surface area (Å²) in [5, 5.41) is 5.92. The summed E-state index contributed by atoms with van der Waals surface area (Å²) in [7, 11) is 0. The minimum absolute atomic E-state index is 0.000862. The van der Waals surface area contributed by atoms with E-state index in [0.717, 1.165) is 22.6 Å². The number of anilines is 1. The summed E-state index contributed by atoms with van der Waals surface area (Å²) in [5.41, 5.74) is 3.97. The van der Waals surface area contributed by atoms with Crippen LogP contribution in [0.5, 0.6) is 5.75 Å². The summed E-state index contributed by atoms with van der Waals surface area (Å²) in [6.45, 7) is 6.94. The van der Waals surface area contributed by atoms with Crippen LogP contribution in [0.15, 0.2) is 42.5 Å². The number of benzene rings is 2. The van der Waals surface area contributed by atoms with E-state index in [0.29, 0.717) is 31.9 Å². The van der Waals surface area contributed by atoms with E-state index in [1.807, 2.05) is 63.2 Å². The Morgan fingerprint density at radius 2 is 1.89 bits per heavy atom. The van der Waals surface area contributed by atoms with Gasteiger partial charge in [-0.2, -0.15) is 0 Å². The van der Waals surface area contributed by atoms with Crippen LogP contribution in [-0.2, 0) is 22.6 Å². The summed E-state index contributed by atoms with van der Waals surface area (Å²) in [6, 6.07) is 13.7. The zero-order valence-corrected chi connectivity index (χ0v) is 16.7. The van der Waals surface area contributed by atoms with Gasteiger partial charge in [0.25, 0.3) is 0 Å². The first-order valence-electron chi connectivity index (χ1n) is 9.79. The number of ether oxygens (including phenoxy) is 1. The van der Waals surface area contributed by atoms with E-state index in [4.69, 9.17) is 4.74 Å². The number of hydrogen-bond acceptors (Lipinski definition) is 3. The molecule has 5 nitrogen and oxygen atoms in total. The molecule has 1 atom stereocenters. The van der Waals surface area contributed by atoms with Crippen LogP contribution < -0.4 is 15.4 Å². The number of aryl methyl sites for hydroxylation is 1. The minimum Gasteiger partial charge on any atom is -0.492 e. The second-order valence-electron chi connectivity index (χ2n) is 7.88. The number of carbonyl (C=O) groups is 2. The van der Waals surface area contributed by atoms with Crippen molar-refractivity contribution in [2.24, 2.45) is 11.8 Å². The Morgan fingerprint density at radius 3 is 2.61 bits per heavy atom. The molecular formula is C23H28N2O3. The molecule has 1 unspecified atom stereocenters. The largest absolute Gasteiger partial charge is 0.492 e. The predicted molar refractivity (Wildman–Crippen MR) is 110 cm³/mol. The first-order chi connectivity index (χ1) is 13.4. The van der Waals surface area contributed by atoms with Crippen molar-refractivity contribution in [1.82, 2.24) is 5.32 Å². The lowest BCUT2D eigenvalue weighted by Crippen LogP contribution is -2.37. The highest BCUT2D eigenvalue weighted by atomic mass is 16.5. The van der Waals surface area contributed by atoms with Crippen LogP contribution in [0.2, 0.25) is 0 Å². The fraction of sp³-hybridized carbons (Fsp3) is 0.391. The van der Waals surface area contributed by atoms with Gasteiger partial charge in [0.15, 0.2) is 0 Å². The Balaban J connectivity index is 1.59. The maximum absolute atomic E-state index is 12.6. The summed E-state index contributed by atoms with van der Waals surface area (Å²) in [5.74, 6) is 0.839. The van der Waals surface area contributed by atoms with Gasteiger partial charge in [0, 0.05) is 18.7 Å². The van der Waals surface area contributed by atoms with Crippen LogP contribution >= 0.6 is 0 Å². The van der Waals surface area contributed by atoms with Gasteiger partial charge < -0.3 is 15.4 Å². The topological polar surface area (TPSA) is 67.4 Å². The minimum atomic E-state index is -0.237. The molecule has 1 heterocycles. The highest BCUT2D eigenvalue weighted by Crippen LogP contribution is 2.30. The molecule has 2 aromatic carbocycles. The van der Waals surface area contributed by atoms with E-state index in [1.54, 1.807) is 0 Å². The summed E-state index contributed by atoms with van der Waals surface area (Å²) in [6.07, 6.45) is 1.08. The van der Waals surface area contributed by atoms with Crippen molar-refractivity contribution in [3.8, 4) is 5.75 Å². The maximum Gasteiger partial charge on any atom is 0.227 e. The van der Waals surface area contributed by atoms with Gasteiger partial charge in [0.2, 0.25) is 11.8 Å². The summed E-state index contributed by atoms with van der Waals surface area (Å²) in [4.78, 5) is 24.6. The molecule has 1 aliphatic heterocycles. The zero-order chi connectivity index (χ0) is 20.1. The van der Waals surface area contributed by atoms with Gasteiger partial charge in [0.05, 0.1) is 5.92 Å². The fourth-order valence-electron chi connectivity index (χ4n) is 3.26. The van der Waals surface area contributed by atoms with Crippen LogP contribution in [0, 0.1) is 18.8 Å². The van der Waals surface area contributed by atoms with Crippen LogP contribution in [0.25, 0.3) is 0 Å². The van der Waals surface area contributed by atoms with Gasteiger partial charge in [-0.05, 0) is 48.6 Å². The molecule has 0 aliphatic carbocycles. The lowest BCUT2D eigenvalue weighted by atomic mass is 9.95. The summed E-state index contributed by atoms with van der Waals surface area (Å²) < 4.78 is 5.78. The lowest BCUT2D eigenvalue weighted by Gasteiger charge is -2.25. The SMILES string of the molecule is Cc1ccc(CNC(=O)C2COc3ccc(NC(=O)CC(C)C)cc3C2)cc1. The number of hydrogen-bond donors (Lipinski definition) is 2. The average molecular weight is 380 g/mol. The highest BCUT2D eigenvalue weighted by molar-refractivity contribution is 5.91. The van der Waals surface area contributed by atoms with E-state index in [2.05, 4.69) is 10.6 Å². The molecule has 0 spiro atoms. The quantitative estimate of drug-likeness (QED) is 0.800. The molecular weight excluding hydrogens is 352 g/mol. The van der Waals surface area contributed by atoms with E-state index in [9.17, 15) is 9.59 Å². The van der Waals surface area contributed by atoms with E-state index in [-0.39, 0.29) is 17.7 Å². The molecule has 148 valence electrons. The molecule has 5 heteroatoms. The van der Waals surface area contributed by atoms with Crippen molar-refractivity contribution < 1.29 is 14.3 Å². The van der Waals surface area contributed by atoms with Gasteiger partial charge in [0.1, 0.15) is 12.4 Å². The molecule has 3 rings (SSSR count). The number of rotatable bonds is 6. The molecule has 1 aliphatic rings. The van der Waals surface area contributed by atoms with Crippen LogP contribution in [0.4, 0.5) is 5.69 Å². The van der Waals surface area contributed by atoms with Crippen molar-refractivity contribution in [3.63, 3.8) is 0 Å². The van der Waals surface area contributed by atoms with Crippen molar-refractivity contribution in [1.29, 1.82) is 0 Å². The molecule has 0 bridgehead atoms. The Kier molecular flexibility index (Phi) is 6.34. The van der Waals surface area contributed by atoms with E-state index < -0.39 is 0 Å². The Labute approximate surface area is 166 Å². The number of amides is 2. The predicted octanol–water partition coefficient (Wildman–Crippen LogP) is 3.85. The Morgan fingerprint density at radius 1 is 1.14 bits per heavy atom. The first-order valence-corrected chi connectivity index (χ1v) is 9.79. The third kappa shape index (κ3) is 5.35. The second-order valence-corrected chi connectivity index (χ2v) is 7.88. The molecule has 2 amide bonds. The maximum atomic E-state index is 12.6. The van der Waals surface area contributed by atoms with Gasteiger partial charge in [-0.1, -0.05) is 43.7 Å². The Hall–Kier alpha value is -2.82. The standard InChI is InChI=1S/C23H28N2O3/c1-15(2)10-22(26)25-20-8-9-21-18(12-20)11-19(14-28-21)23(27)24-13-17-6-4-16(3)5-7-17/h4-9,12,15,19H,10-11,13-14H2,1-3H3,(H,24,27)(H,25,26). The third-order valence-corrected chi connectivity index (χ3v) is 4.80. The molecule has 0 saturated heterocycles. The highest BCUT2D eigenvalue weighted by Gasteiger charge is 2.26. The zero-order valence-electron chi connectivity index (χ0n) is 16.7. The lowest BCUT2D eigenvalue weighted by molar-refractivity contribution is -0.126. The third-order valence-electron chi connectivity index (χ3n) is 4.80. The molecule has 28 heavy (non-hydrogen) atoms. The molecule has 2 aromatic rings. The number of fused-ring (bicyclic) bond motifs is 1. The van der Waals surface area contributed by atoms with Crippen molar-refractivity contribution in [3.05, 3.63) is 59.2 Å². The number of carbonyl (C=O) groups excluding carboxylic acids is 2. The van der Waals surface area contributed by atoms with E-state index in [1.165, 1.54) is 5.56 Å². The smallest absolute Gasteiger partial charge is 0.227 e. The number of nitrogens with one attached hydrogen (secondary N) is 2. The second kappa shape index (κ2) is 8.91. The van der Waals surface area contributed by atoms with Gasteiger partial charge >= 0.3 is 0 Å². The molecule has 0 aromatic heterocycles. The molecule has 0 saturated carbocycles. The fourth-order valence-corrected chi connectivity index (χ4v) is 3.26. The van der Waals surface area contributed by atoms with Crippen molar-refractivity contribution in [2.45, 2.75) is 40.2 Å². The van der Waals surface area contributed by atoms with Crippen LogP contribution in [0.1, 0.15) is 37.0 Å². The van der Waals surface area contributed by atoms with Crippen LogP contribution in [0.3, 0.4) is 0 Å². The first kappa shape index (κ1) is 19.9. The summed E-state index contributed by atoms with van der Waals surface area (Å²) >= 11 is 0. The van der Waals surface area contributed by atoms with E-state index >= 15 is 0 Å². The normalized spacial score (nSPS) is 15.5. The van der Waals surface area contributed by atoms with Gasteiger partial charge in [-0.25, -0.2) is 0 Å². The molecule has 0 radical (unpaired) electrons. The van der Waals surface area contributed by atoms with Crippen LogP contribution in [-0.4, -0.2) is 18.4 Å². The molecule has 2 N–H and O–H groups in total. The van der Waals surface area contributed by atoms with Gasteiger partial charge in [-0.3, -0.25) is 9.59 Å². The van der Waals surface area contributed by atoms with Crippen molar-refractivity contribution in [2.75, 3.05) is 11.9 Å². The monoisotopic (exact) mass is 380 g/mol. The average Bonchev–Trinajstić information content (AvgIpc) is 2.66. The van der Waals surface area contributed by atoms with Crippen molar-refractivity contribution >= 4 is 17.5 Å². The Bertz CT molecular complexity index is 843. The molecule has 0 fully saturated rings.